The van der Waals surface area contributed by atoms with E-state index >= 15 is 0 Å². The van der Waals surface area contributed by atoms with Crippen LogP contribution in [0.4, 0.5) is 0 Å². The third kappa shape index (κ3) is 1.20. The topological polar surface area (TPSA) is 29.4 Å². The Bertz CT molecular complexity index is 497. The predicted octanol–water partition coefficient (Wildman–Crippen LogP) is 0.573. The summed E-state index contributed by atoms with van der Waals surface area (Å²) < 4.78 is 0. The van der Waals surface area contributed by atoms with Gasteiger partial charge in [0, 0.05) is 5.22 Å². The van der Waals surface area contributed by atoms with E-state index in [1.54, 1.807) is 6.08 Å². The zero-order valence-electron chi connectivity index (χ0n) is 7.32. The van der Waals surface area contributed by atoms with Crippen LogP contribution in [-0.4, -0.2) is 5.91 Å². The third-order valence-corrected chi connectivity index (χ3v) is 1.98. The van der Waals surface area contributed by atoms with Gasteiger partial charge in [0.05, 0.1) is 10.9 Å². The fraction of sp³-hybridized carbons (Fsp3) is 0.0909. The zero-order chi connectivity index (χ0) is 9.26. The maximum atomic E-state index is 11.4. The number of para-hydroxylation sites is 1. The van der Waals surface area contributed by atoms with Crippen molar-refractivity contribution in [3.63, 3.8) is 0 Å². The predicted molar refractivity (Wildman–Crippen MR) is 50.5 cm³/mol. The van der Waals surface area contributed by atoms with Crippen molar-refractivity contribution in [2.75, 3.05) is 0 Å². The van der Waals surface area contributed by atoms with Crippen molar-refractivity contribution in [2.45, 2.75) is 6.92 Å². The van der Waals surface area contributed by atoms with Crippen molar-refractivity contribution in [1.29, 1.82) is 0 Å². The number of hydrogen-bond acceptors (Lipinski definition) is 1. The van der Waals surface area contributed by atoms with Gasteiger partial charge in [0.25, 0.3) is 5.91 Å². The Morgan fingerprint density at radius 1 is 1.31 bits per heavy atom. The molecule has 0 fully saturated rings. The van der Waals surface area contributed by atoms with E-state index < -0.39 is 0 Å². The number of nitrogens with zero attached hydrogens (tertiary/aromatic N) is 1. The molecule has 1 aromatic carbocycles. The number of carbonyl (C=O) groups excluding carboxylic acids is 1. The molecule has 1 heterocycles. The molecule has 1 aliphatic rings. The molecular weight excluding hydrogens is 162 g/mol. The van der Waals surface area contributed by atoms with Gasteiger partial charge in [-0.25, -0.2) is 4.99 Å². The molecule has 2 nitrogen and oxygen atoms in total. The van der Waals surface area contributed by atoms with Gasteiger partial charge in [-0.05, 0) is 13.0 Å². The van der Waals surface area contributed by atoms with Crippen molar-refractivity contribution < 1.29 is 4.79 Å². The summed E-state index contributed by atoms with van der Waals surface area (Å²) in [6.45, 7) is 1.89. The van der Waals surface area contributed by atoms with Gasteiger partial charge in [0.15, 0.2) is 0 Å². The third-order valence-electron chi connectivity index (χ3n) is 1.98. The maximum Gasteiger partial charge on any atom is 0.278 e. The molecule has 0 aromatic heterocycles. The Morgan fingerprint density at radius 3 is 2.85 bits per heavy atom. The summed E-state index contributed by atoms with van der Waals surface area (Å²) in [5, 5.41) is 1.71. The first-order valence-electron chi connectivity index (χ1n) is 4.18. The number of hydrogen-bond donors (Lipinski definition) is 0. The average molecular weight is 171 g/mol. The van der Waals surface area contributed by atoms with Gasteiger partial charge in [-0.1, -0.05) is 30.4 Å². The molecule has 0 bridgehead atoms. The number of benzene rings is 1. The lowest BCUT2D eigenvalue weighted by Gasteiger charge is -1.87. The van der Waals surface area contributed by atoms with Gasteiger partial charge in [-0.2, -0.15) is 0 Å². The second-order valence-electron chi connectivity index (χ2n) is 2.85. The lowest BCUT2D eigenvalue weighted by molar-refractivity contribution is -0.112. The first-order valence-corrected chi connectivity index (χ1v) is 4.18. The quantitative estimate of drug-likeness (QED) is 0.607. The smallest absolute Gasteiger partial charge is 0.267 e. The van der Waals surface area contributed by atoms with Crippen molar-refractivity contribution >= 4 is 11.5 Å². The molecule has 0 N–H and O–H groups in total. The number of fused-ring (bicyclic) bond motifs is 1. The molecular formula is C11H9NO. The van der Waals surface area contributed by atoms with Crippen LogP contribution in [0.15, 0.2) is 41.4 Å². The minimum atomic E-state index is -0.140. The molecule has 2 rings (SSSR count). The normalized spacial score (nSPS) is 14.8. The molecule has 0 spiro atoms. The molecule has 0 unspecified atom stereocenters. The first-order chi connectivity index (χ1) is 6.33. The molecule has 1 aliphatic heterocycles. The Morgan fingerprint density at radius 2 is 2.08 bits per heavy atom. The highest BCUT2D eigenvalue weighted by Crippen LogP contribution is 2.01. The SMILES string of the molecule is CC=CC1=c2ccccc2=NC1=O. The molecule has 64 valence electrons. The van der Waals surface area contributed by atoms with Crippen LogP contribution in [0.25, 0.3) is 5.57 Å². The van der Waals surface area contributed by atoms with Crippen LogP contribution in [-0.2, 0) is 4.79 Å². The van der Waals surface area contributed by atoms with Crippen LogP contribution in [0, 0.1) is 0 Å². The van der Waals surface area contributed by atoms with E-state index in [0.29, 0.717) is 5.57 Å². The largest absolute Gasteiger partial charge is 0.278 e. The van der Waals surface area contributed by atoms with Gasteiger partial charge in [0.2, 0.25) is 0 Å². The highest BCUT2D eigenvalue weighted by Gasteiger charge is 2.11. The minimum Gasteiger partial charge on any atom is -0.267 e. The standard InChI is InChI=1S/C11H9NO/c1-2-5-9-8-6-3-4-7-10(8)12-11(9)13/h2-7H,1H3. The Kier molecular flexibility index (Phi) is 1.81. The summed E-state index contributed by atoms with van der Waals surface area (Å²) >= 11 is 0. The van der Waals surface area contributed by atoms with Crippen LogP contribution in [0.1, 0.15) is 6.92 Å². The molecule has 0 saturated heterocycles. The van der Waals surface area contributed by atoms with Gasteiger partial charge in [-0.15, -0.1) is 0 Å². The summed E-state index contributed by atoms with van der Waals surface area (Å²) in [4.78, 5) is 15.3. The van der Waals surface area contributed by atoms with Crippen LogP contribution < -0.4 is 10.6 Å². The van der Waals surface area contributed by atoms with E-state index in [9.17, 15) is 4.79 Å². The number of allylic oxidation sites excluding steroid dienone is 1. The van der Waals surface area contributed by atoms with Crippen LogP contribution in [0.2, 0.25) is 0 Å². The van der Waals surface area contributed by atoms with E-state index in [1.807, 2.05) is 37.3 Å². The highest BCUT2D eigenvalue weighted by molar-refractivity contribution is 6.18. The van der Waals surface area contributed by atoms with Crippen molar-refractivity contribution in [3.05, 3.63) is 47.0 Å². The van der Waals surface area contributed by atoms with Gasteiger partial charge < -0.3 is 0 Å². The second kappa shape index (κ2) is 2.98. The number of amides is 1. The zero-order valence-corrected chi connectivity index (χ0v) is 7.32. The van der Waals surface area contributed by atoms with Crippen LogP contribution in [0.3, 0.4) is 0 Å². The second-order valence-corrected chi connectivity index (χ2v) is 2.85. The lowest BCUT2D eigenvalue weighted by atomic mass is 10.2. The van der Waals surface area contributed by atoms with Crippen LogP contribution >= 0.6 is 0 Å². The summed E-state index contributed by atoms with van der Waals surface area (Å²) in [5.41, 5.74) is 0.693. The van der Waals surface area contributed by atoms with Gasteiger partial charge >= 0.3 is 0 Å². The molecule has 1 amide bonds. The van der Waals surface area contributed by atoms with Gasteiger partial charge in [-0.3, -0.25) is 4.79 Å². The number of carbonyl (C=O) groups is 1. The Balaban J connectivity index is 2.84. The summed E-state index contributed by atoms with van der Waals surface area (Å²) in [6.07, 6.45) is 3.66. The average Bonchev–Trinajstić information content (AvgIpc) is 2.44. The molecule has 0 atom stereocenters. The number of rotatable bonds is 1. The molecule has 1 aromatic rings. The molecule has 0 saturated carbocycles. The summed E-state index contributed by atoms with van der Waals surface area (Å²) in [7, 11) is 0. The molecule has 0 radical (unpaired) electrons. The summed E-state index contributed by atoms with van der Waals surface area (Å²) in [5.74, 6) is -0.140. The van der Waals surface area contributed by atoms with Crippen LogP contribution in [0.5, 0.6) is 0 Å². The Labute approximate surface area is 75.9 Å². The van der Waals surface area contributed by atoms with Crippen molar-refractivity contribution in [1.82, 2.24) is 0 Å². The van der Waals surface area contributed by atoms with E-state index in [0.717, 1.165) is 10.6 Å². The Hall–Kier alpha value is -1.70. The van der Waals surface area contributed by atoms with E-state index in [4.69, 9.17) is 0 Å². The van der Waals surface area contributed by atoms with Gasteiger partial charge in [0.1, 0.15) is 0 Å². The maximum absolute atomic E-state index is 11.4. The minimum absolute atomic E-state index is 0.140. The molecule has 13 heavy (non-hydrogen) atoms. The molecule has 0 aliphatic carbocycles. The monoisotopic (exact) mass is 171 g/mol. The first kappa shape index (κ1) is 7.92. The lowest BCUT2D eigenvalue weighted by Crippen LogP contribution is -2.21. The highest BCUT2D eigenvalue weighted by atomic mass is 16.1. The van der Waals surface area contributed by atoms with E-state index in [-0.39, 0.29) is 5.91 Å². The van der Waals surface area contributed by atoms with E-state index in [2.05, 4.69) is 4.99 Å². The fourth-order valence-electron chi connectivity index (χ4n) is 1.41. The summed E-state index contributed by atoms with van der Waals surface area (Å²) in [6, 6.07) is 7.56. The van der Waals surface area contributed by atoms with E-state index in [1.165, 1.54) is 0 Å². The van der Waals surface area contributed by atoms with Crippen molar-refractivity contribution in [2.24, 2.45) is 4.99 Å². The molecule has 2 heteroatoms. The fourth-order valence-corrected chi connectivity index (χ4v) is 1.41. The van der Waals surface area contributed by atoms with Crippen molar-refractivity contribution in [3.8, 4) is 0 Å².